The van der Waals surface area contributed by atoms with E-state index in [1.807, 2.05) is 41.3 Å². The minimum Gasteiger partial charge on any atom is -0.507 e. The number of unbranched alkanes of at least 4 members (excludes halogenated alkanes) is 1. The number of piperazine rings is 1. The number of hydrogen-bond donors (Lipinski definition) is 9. The fraction of sp³-hybridized carbons (Fsp3) is 0.543. The van der Waals surface area contributed by atoms with Gasteiger partial charge in [0.1, 0.15) is 48.5 Å². The van der Waals surface area contributed by atoms with Gasteiger partial charge in [-0.05, 0) is 92.9 Å². The average molecular weight is 902 g/mol. The van der Waals surface area contributed by atoms with Crippen LogP contribution in [0.1, 0.15) is 54.4 Å². The van der Waals surface area contributed by atoms with Gasteiger partial charge in [0.05, 0.1) is 6.61 Å². The first-order chi connectivity index (χ1) is 31.3. The number of carbonyl (C=O) groups excluding carboxylic acids is 4. The van der Waals surface area contributed by atoms with E-state index in [0.717, 1.165) is 16.9 Å². The molecule has 7 rings (SSSR count). The second kappa shape index (κ2) is 21.6. The van der Waals surface area contributed by atoms with Crippen LogP contribution in [0.5, 0.6) is 5.75 Å². The van der Waals surface area contributed by atoms with Gasteiger partial charge >= 0.3 is 12.1 Å². The lowest BCUT2D eigenvalue weighted by Gasteiger charge is -2.40. The smallest absolute Gasteiger partial charge is 0.322 e. The Bertz CT molecular complexity index is 2090. The molecule has 4 aliphatic rings. The van der Waals surface area contributed by atoms with Crippen LogP contribution in [-0.2, 0) is 27.3 Å². The van der Waals surface area contributed by atoms with Crippen molar-refractivity contribution in [1.82, 2.24) is 35.6 Å². The lowest BCUT2D eigenvalue weighted by Crippen LogP contribution is -2.62. The first kappa shape index (κ1) is 47.4. The third-order valence-corrected chi connectivity index (χ3v) is 13.0. The number of aryl methyl sites for hydroxylation is 2. The van der Waals surface area contributed by atoms with Gasteiger partial charge in [-0.15, -0.1) is 0 Å². The topological polar surface area (TPSA) is 253 Å². The van der Waals surface area contributed by atoms with Crippen molar-refractivity contribution in [3.63, 3.8) is 0 Å². The van der Waals surface area contributed by atoms with E-state index < -0.39 is 61.3 Å². The van der Waals surface area contributed by atoms with Crippen LogP contribution in [0.15, 0.2) is 60.9 Å². The molecule has 65 heavy (non-hydrogen) atoms. The second-order valence-electron chi connectivity index (χ2n) is 17.5. The first-order valence-electron chi connectivity index (χ1n) is 22.6. The van der Waals surface area contributed by atoms with Gasteiger partial charge in [-0.3, -0.25) is 19.9 Å². The number of hydrogen-bond acceptors (Lipinski definition) is 13. The highest BCUT2D eigenvalue weighted by Gasteiger charge is 2.43. The summed E-state index contributed by atoms with van der Waals surface area (Å²) < 4.78 is 5.57. The first-order valence-corrected chi connectivity index (χ1v) is 22.6. The number of fused-ring (bicyclic) bond motifs is 1. The van der Waals surface area contributed by atoms with Gasteiger partial charge in [0.25, 0.3) is 0 Å². The zero-order valence-electron chi connectivity index (χ0n) is 37.0. The number of amides is 6. The summed E-state index contributed by atoms with van der Waals surface area (Å²) in [7, 11) is 0. The molecular weight excluding hydrogens is 839 g/mol. The Hall–Kier alpha value is -5.57. The van der Waals surface area contributed by atoms with E-state index in [-0.39, 0.29) is 43.1 Å². The Morgan fingerprint density at radius 1 is 0.862 bits per heavy atom. The molecule has 3 aromatic rings. The maximum atomic E-state index is 14.5. The number of urea groups is 2. The predicted octanol–water partition coefficient (Wildman–Crippen LogP) is 0.930. The van der Waals surface area contributed by atoms with Crippen molar-refractivity contribution in [3.8, 4) is 5.75 Å². The molecule has 7 atom stereocenters. The molecule has 2 unspecified atom stereocenters. The summed E-state index contributed by atoms with van der Waals surface area (Å²) in [6, 6.07) is 12.3. The Labute approximate surface area is 378 Å². The minimum absolute atomic E-state index is 0.0812. The molecule has 352 valence electrons. The summed E-state index contributed by atoms with van der Waals surface area (Å²) in [6.45, 7) is 6.43. The fourth-order valence-corrected chi connectivity index (χ4v) is 9.22. The number of benzene rings is 2. The van der Waals surface area contributed by atoms with E-state index in [2.05, 4.69) is 31.2 Å². The molecule has 3 fully saturated rings. The second-order valence-corrected chi connectivity index (χ2v) is 17.5. The lowest BCUT2D eigenvalue weighted by atomic mass is 9.98. The number of piperidine rings is 1. The van der Waals surface area contributed by atoms with E-state index in [0.29, 0.717) is 88.2 Å². The molecule has 6 amide bonds. The van der Waals surface area contributed by atoms with Crippen LogP contribution in [0, 0.1) is 13.8 Å². The van der Waals surface area contributed by atoms with E-state index >= 15 is 0 Å². The third-order valence-electron chi connectivity index (χ3n) is 13.0. The van der Waals surface area contributed by atoms with Crippen molar-refractivity contribution in [2.24, 2.45) is 0 Å². The van der Waals surface area contributed by atoms with E-state index in [4.69, 9.17) is 4.74 Å². The number of aromatic hydroxyl groups is 1. The number of carbonyl (C=O) groups is 4. The summed E-state index contributed by atoms with van der Waals surface area (Å²) in [4.78, 5) is 67.5. The van der Waals surface area contributed by atoms with Crippen LogP contribution in [0.25, 0.3) is 0 Å². The molecule has 0 saturated carbocycles. The summed E-state index contributed by atoms with van der Waals surface area (Å²) in [5.74, 6) is -0.667. The summed E-state index contributed by atoms with van der Waals surface area (Å²) >= 11 is 0. The lowest BCUT2D eigenvalue weighted by molar-refractivity contribution is -0.236. The molecule has 19 nitrogen and oxygen atoms in total. The molecular formula is C46H63N9O10. The van der Waals surface area contributed by atoms with Crippen molar-refractivity contribution < 1.29 is 49.4 Å². The van der Waals surface area contributed by atoms with Crippen molar-refractivity contribution >= 4 is 35.3 Å². The molecule has 5 heterocycles. The van der Waals surface area contributed by atoms with Crippen molar-refractivity contribution in [2.75, 3.05) is 62.6 Å². The molecule has 0 spiro atoms. The van der Waals surface area contributed by atoms with Crippen LogP contribution in [-0.4, -0.2) is 170 Å². The Balaban J connectivity index is 1.03. The zero-order chi connectivity index (χ0) is 46.2. The Morgan fingerprint density at radius 3 is 2.25 bits per heavy atom. The number of nitrogens with one attached hydrogen (secondary N) is 4. The SMILES string of the molecule is Cc1cc(C[C@@H](NC(=O)N2CCC(N3Cc4ccccc4NC3=O)CC2)C(=O)N[C@@H](CCCCN[C@@H]2OC(CO)[C@H](O)C(O)[C@H]2O)C(=O)N2CCN(c3ccncc3)CC2)cc(C)c1O. The van der Waals surface area contributed by atoms with Gasteiger partial charge in [0, 0.05) is 82.0 Å². The molecule has 0 aliphatic carbocycles. The molecule has 2 aromatic carbocycles. The molecule has 19 heteroatoms. The zero-order valence-corrected chi connectivity index (χ0v) is 37.0. The predicted molar refractivity (Wildman–Crippen MR) is 240 cm³/mol. The number of aromatic nitrogens is 1. The van der Waals surface area contributed by atoms with Crippen LogP contribution in [0.4, 0.5) is 21.0 Å². The molecule has 4 aliphatic heterocycles. The summed E-state index contributed by atoms with van der Waals surface area (Å²) in [5, 5.41) is 62.9. The molecule has 0 radical (unpaired) electrons. The number of rotatable bonds is 15. The van der Waals surface area contributed by atoms with Gasteiger partial charge < -0.3 is 65.8 Å². The van der Waals surface area contributed by atoms with Crippen LogP contribution < -0.4 is 26.2 Å². The number of para-hydroxylation sites is 1. The number of phenols is 1. The van der Waals surface area contributed by atoms with E-state index in [9.17, 15) is 44.7 Å². The maximum absolute atomic E-state index is 14.5. The number of pyridine rings is 1. The summed E-state index contributed by atoms with van der Waals surface area (Å²) in [5.41, 5.74) is 4.76. The quantitative estimate of drug-likeness (QED) is 0.0965. The highest BCUT2D eigenvalue weighted by molar-refractivity contribution is 5.93. The van der Waals surface area contributed by atoms with Crippen molar-refractivity contribution in [2.45, 2.75) is 108 Å². The van der Waals surface area contributed by atoms with Crippen molar-refractivity contribution in [1.29, 1.82) is 0 Å². The highest BCUT2D eigenvalue weighted by atomic mass is 16.6. The molecule has 3 saturated heterocycles. The summed E-state index contributed by atoms with van der Waals surface area (Å²) in [6.07, 6.45) is -0.781. The van der Waals surface area contributed by atoms with Crippen LogP contribution in [0.3, 0.4) is 0 Å². The average Bonchev–Trinajstić information content (AvgIpc) is 3.32. The fourth-order valence-electron chi connectivity index (χ4n) is 9.22. The largest absolute Gasteiger partial charge is 0.507 e. The van der Waals surface area contributed by atoms with Crippen LogP contribution in [0.2, 0.25) is 0 Å². The van der Waals surface area contributed by atoms with Gasteiger partial charge in [-0.2, -0.15) is 0 Å². The van der Waals surface area contributed by atoms with Crippen LogP contribution >= 0.6 is 0 Å². The number of likely N-dealkylation sites (tertiary alicyclic amines) is 1. The number of aliphatic hydroxyl groups is 4. The van der Waals surface area contributed by atoms with Crippen molar-refractivity contribution in [3.05, 3.63) is 83.2 Å². The van der Waals surface area contributed by atoms with Gasteiger partial charge in [-0.1, -0.05) is 30.3 Å². The standard InChI is InChI=1S/C46H63N9O10/c1-28-23-30(24-29(2)38(28)57)25-36(51-45(63)54-17-12-33(13-18-54)55-26-31-7-3-4-8-34(31)50-46(55)64)42(61)49-35(44(62)53-21-19-52(20-22-53)32-10-15-47-16-11-32)9-5-6-14-48-43-41(60)40(59)39(58)37(27-56)65-43/h3-4,7-8,10-11,15-16,23-24,33,35-37,39-41,43,48,56-60H,5-6,9,12-14,17-22,25-27H2,1-2H3,(H,49,61)(H,50,64)(H,51,63)/t35-,36+,37?,39-,40?,41+,43+/m0/s1. The molecule has 0 bridgehead atoms. The minimum atomic E-state index is -1.52. The third kappa shape index (κ3) is 11.5. The van der Waals surface area contributed by atoms with E-state index in [1.165, 1.54) is 0 Å². The number of anilines is 2. The number of ether oxygens (including phenoxy) is 1. The maximum Gasteiger partial charge on any atom is 0.322 e. The monoisotopic (exact) mass is 901 g/mol. The molecule has 1 aromatic heterocycles. The normalized spacial score (nSPS) is 23.6. The number of phenolic OH excluding ortho intramolecular Hbond substituents is 1. The molecule has 9 N–H and O–H groups in total. The van der Waals surface area contributed by atoms with Gasteiger partial charge in [0.2, 0.25) is 11.8 Å². The van der Waals surface area contributed by atoms with E-state index in [1.54, 1.807) is 48.2 Å². The number of aliphatic hydroxyl groups excluding tert-OH is 4. The highest BCUT2D eigenvalue weighted by Crippen LogP contribution is 2.29. The Morgan fingerprint density at radius 2 is 1.55 bits per heavy atom. The van der Waals surface area contributed by atoms with Gasteiger partial charge in [0.15, 0.2) is 0 Å². The Kier molecular flexibility index (Phi) is 15.8. The van der Waals surface area contributed by atoms with Gasteiger partial charge in [-0.25, -0.2) is 9.59 Å². The number of nitrogens with zero attached hydrogens (tertiary/aromatic N) is 5.